The third-order valence-electron chi connectivity index (χ3n) is 3.96. The molecule has 0 saturated carbocycles. The molecular weight excluding hydrogens is 344 g/mol. The molecule has 0 fully saturated rings. The summed E-state index contributed by atoms with van der Waals surface area (Å²) in [6, 6.07) is 20.2. The topological polar surface area (TPSA) is 70.7 Å². The van der Waals surface area contributed by atoms with Crippen molar-refractivity contribution in [3.63, 3.8) is 0 Å². The number of aryl methyl sites for hydroxylation is 1. The molecule has 0 spiro atoms. The molecule has 0 aliphatic rings. The van der Waals surface area contributed by atoms with Gasteiger partial charge in [0, 0.05) is 11.6 Å². The molecule has 0 aliphatic heterocycles. The van der Waals surface area contributed by atoms with Crippen LogP contribution in [0.25, 0.3) is 11.4 Å². The number of amides is 1. The minimum atomic E-state index is 0.00150. The van der Waals surface area contributed by atoms with E-state index in [4.69, 9.17) is 0 Å². The van der Waals surface area contributed by atoms with Crippen molar-refractivity contribution in [3.8, 4) is 11.4 Å². The smallest absolute Gasteiger partial charge is 0.230 e. The van der Waals surface area contributed by atoms with Gasteiger partial charge in [0.2, 0.25) is 11.1 Å². The number of carbonyl (C=O) groups is 1. The molecule has 1 atom stereocenters. The molecule has 0 bridgehead atoms. The third kappa shape index (κ3) is 5.46. The minimum Gasteiger partial charge on any atom is -0.353 e. The molecule has 3 aromatic rings. The number of aromatic amines is 1. The molecule has 0 aliphatic carbocycles. The number of thioether (sulfide) groups is 1. The van der Waals surface area contributed by atoms with Crippen LogP contribution in [-0.2, 0) is 11.2 Å². The number of nitrogens with zero attached hydrogens (tertiary/aromatic N) is 2. The first-order valence-corrected chi connectivity index (χ1v) is 9.63. The van der Waals surface area contributed by atoms with Gasteiger partial charge >= 0.3 is 0 Å². The summed E-state index contributed by atoms with van der Waals surface area (Å²) < 4.78 is 0. The monoisotopic (exact) mass is 366 g/mol. The van der Waals surface area contributed by atoms with E-state index in [2.05, 4.69) is 32.6 Å². The molecule has 1 aromatic heterocycles. The fourth-order valence-electron chi connectivity index (χ4n) is 2.58. The Morgan fingerprint density at radius 2 is 1.81 bits per heavy atom. The summed E-state index contributed by atoms with van der Waals surface area (Å²) in [7, 11) is 0. The van der Waals surface area contributed by atoms with E-state index in [1.54, 1.807) is 0 Å². The van der Waals surface area contributed by atoms with E-state index in [9.17, 15) is 4.79 Å². The molecule has 26 heavy (non-hydrogen) atoms. The van der Waals surface area contributed by atoms with Gasteiger partial charge in [-0.25, -0.2) is 4.98 Å². The van der Waals surface area contributed by atoms with E-state index < -0.39 is 0 Å². The Labute approximate surface area is 157 Å². The fourth-order valence-corrected chi connectivity index (χ4v) is 3.19. The number of carbonyl (C=O) groups excluding carboxylic acids is 1. The number of H-pyrrole nitrogens is 1. The summed E-state index contributed by atoms with van der Waals surface area (Å²) in [6.45, 7) is 2.03. The van der Waals surface area contributed by atoms with E-state index in [0.29, 0.717) is 16.7 Å². The summed E-state index contributed by atoms with van der Waals surface area (Å²) >= 11 is 1.33. The van der Waals surface area contributed by atoms with Gasteiger partial charge < -0.3 is 5.32 Å². The first kappa shape index (κ1) is 18.2. The van der Waals surface area contributed by atoms with Gasteiger partial charge in [0.15, 0.2) is 5.82 Å². The SMILES string of the molecule is C[C@@H](CCc1ccccc1)NC(=O)CSc1n[nH]c(-c2ccccc2)n1. The second kappa shape index (κ2) is 9.20. The molecule has 1 heterocycles. The van der Waals surface area contributed by atoms with Crippen molar-refractivity contribution in [3.05, 3.63) is 66.2 Å². The predicted octanol–water partition coefficient (Wildman–Crippen LogP) is 3.70. The molecule has 134 valence electrons. The van der Waals surface area contributed by atoms with Crippen LogP contribution in [0.2, 0.25) is 0 Å². The van der Waals surface area contributed by atoms with Gasteiger partial charge in [-0.15, -0.1) is 5.10 Å². The summed E-state index contributed by atoms with van der Waals surface area (Å²) in [5.74, 6) is 1.02. The quantitative estimate of drug-likeness (QED) is 0.596. The molecular formula is C20H22N4OS. The van der Waals surface area contributed by atoms with Crippen LogP contribution in [0.15, 0.2) is 65.8 Å². The lowest BCUT2D eigenvalue weighted by Gasteiger charge is -2.13. The molecule has 0 unspecified atom stereocenters. The van der Waals surface area contributed by atoms with Crippen molar-refractivity contribution in [2.45, 2.75) is 31.0 Å². The normalized spacial score (nSPS) is 11.9. The van der Waals surface area contributed by atoms with Crippen molar-refractivity contribution in [1.29, 1.82) is 0 Å². The van der Waals surface area contributed by atoms with Crippen LogP contribution in [0.3, 0.4) is 0 Å². The molecule has 1 amide bonds. The summed E-state index contributed by atoms with van der Waals surface area (Å²) in [4.78, 5) is 16.5. The molecule has 3 rings (SSSR count). The van der Waals surface area contributed by atoms with Crippen LogP contribution < -0.4 is 5.32 Å². The van der Waals surface area contributed by atoms with Gasteiger partial charge in [0.05, 0.1) is 5.75 Å². The Hall–Kier alpha value is -2.60. The maximum atomic E-state index is 12.1. The first-order valence-electron chi connectivity index (χ1n) is 8.64. The van der Waals surface area contributed by atoms with E-state index in [0.717, 1.165) is 18.4 Å². The van der Waals surface area contributed by atoms with Crippen molar-refractivity contribution in [2.24, 2.45) is 0 Å². The standard InChI is InChI=1S/C20H22N4OS/c1-15(12-13-16-8-4-2-5-9-16)21-18(25)14-26-20-22-19(23-24-20)17-10-6-3-7-11-17/h2-11,15H,12-14H2,1H3,(H,21,25)(H,22,23,24)/t15-/m0/s1. The van der Waals surface area contributed by atoms with Gasteiger partial charge in [-0.3, -0.25) is 9.89 Å². The molecule has 2 N–H and O–H groups in total. The number of hydrogen-bond donors (Lipinski definition) is 2. The zero-order valence-corrected chi connectivity index (χ0v) is 15.5. The maximum absolute atomic E-state index is 12.1. The lowest BCUT2D eigenvalue weighted by molar-refractivity contribution is -0.119. The predicted molar refractivity (Wildman–Crippen MR) is 105 cm³/mol. The Balaban J connectivity index is 1.42. The van der Waals surface area contributed by atoms with Gasteiger partial charge in [-0.05, 0) is 25.3 Å². The number of aromatic nitrogens is 3. The van der Waals surface area contributed by atoms with Crippen molar-refractivity contribution in [2.75, 3.05) is 5.75 Å². The van der Waals surface area contributed by atoms with Gasteiger partial charge in [0.25, 0.3) is 0 Å². The summed E-state index contributed by atoms with van der Waals surface area (Å²) in [6.07, 6.45) is 1.87. The average Bonchev–Trinajstić information content (AvgIpc) is 3.15. The van der Waals surface area contributed by atoms with Crippen LogP contribution in [0, 0.1) is 0 Å². The largest absolute Gasteiger partial charge is 0.353 e. The number of hydrogen-bond acceptors (Lipinski definition) is 4. The first-order chi connectivity index (χ1) is 12.7. The number of rotatable bonds is 8. The molecule has 2 aromatic carbocycles. The van der Waals surface area contributed by atoms with Crippen LogP contribution >= 0.6 is 11.8 Å². The maximum Gasteiger partial charge on any atom is 0.230 e. The van der Waals surface area contributed by atoms with E-state index >= 15 is 0 Å². The Kier molecular flexibility index (Phi) is 6.44. The van der Waals surface area contributed by atoms with Crippen LogP contribution in [-0.4, -0.2) is 32.9 Å². The Morgan fingerprint density at radius 1 is 1.12 bits per heavy atom. The van der Waals surface area contributed by atoms with Crippen molar-refractivity contribution in [1.82, 2.24) is 20.5 Å². The lowest BCUT2D eigenvalue weighted by Crippen LogP contribution is -2.34. The highest BCUT2D eigenvalue weighted by Gasteiger charge is 2.11. The van der Waals surface area contributed by atoms with E-state index in [1.807, 2.05) is 55.5 Å². The number of nitrogens with one attached hydrogen (secondary N) is 2. The van der Waals surface area contributed by atoms with Crippen LogP contribution in [0.4, 0.5) is 0 Å². The molecule has 0 radical (unpaired) electrons. The van der Waals surface area contributed by atoms with Gasteiger partial charge in [-0.1, -0.05) is 72.4 Å². The van der Waals surface area contributed by atoms with Crippen LogP contribution in [0.5, 0.6) is 0 Å². The summed E-state index contributed by atoms with van der Waals surface area (Å²) in [5, 5.41) is 10.7. The molecule has 5 nitrogen and oxygen atoms in total. The second-order valence-electron chi connectivity index (χ2n) is 6.11. The zero-order valence-electron chi connectivity index (χ0n) is 14.7. The molecule has 6 heteroatoms. The highest BCUT2D eigenvalue weighted by molar-refractivity contribution is 7.99. The van der Waals surface area contributed by atoms with E-state index in [1.165, 1.54) is 17.3 Å². The highest BCUT2D eigenvalue weighted by atomic mass is 32.2. The number of benzene rings is 2. The van der Waals surface area contributed by atoms with Gasteiger partial charge in [-0.2, -0.15) is 0 Å². The fraction of sp³-hybridized carbons (Fsp3) is 0.250. The van der Waals surface area contributed by atoms with Crippen molar-refractivity contribution >= 4 is 17.7 Å². The Morgan fingerprint density at radius 3 is 2.54 bits per heavy atom. The van der Waals surface area contributed by atoms with Gasteiger partial charge in [0.1, 0.15) is 0 Å². The van der Waals surface area contributed by atoms with E-state index in [-0.39, 0.29) is 11.9 Å². The highest BCUT2D eigenvalue weighted by Crippen LogP contribution is 2.18. The Bertz CT molecular complexity index is 820. The molecule has 0 saturated heterocycles. The minimum absolute atomic E-state index is 0.00150. The third-order valence-corrected chi connectivity index (χ3v) is 4.81. The average molecular weight is 366 g/mol. The van der Waals surface area contributed by atoms with Crippen molar-refractivity contribution < 1.29 is 4.79 Å². The second-order valence-corrected chi connectivity index (χ2v) is 7.06. The lowest BCUT2D eigenvalue weighted by atomic mass is 10.1. The van der Waals surface area contributed by atoms with Crippen LogP contribution in [0.1, 0.15) is 18.9 Å². The summed E-state index contributed by atoms with van der Waals surface area (Å²) in [5.41, 5.74) is 2.27. The zero-order chi connectivity index (χ0) is 18.2.